The van der Waals surface area contributed by atoms with E-state index in [0.717, 1.165) is 32.6 Å². The predicted octanol–water partition coefficient (Wildman–Crippen LogP) is 1.30. The van der Waals surface area contributed by atoms with E-state index < -0.39 is 0 Å². The van der Waals surface area contributed by atoms with E-state index in [0.29, 0.717) is 17.2 Å². The van der Waals surface area contributed by atoms with Crippen LogP contribution in [0.5, 0.6) is 0 Å². The van der Waals surface area contributed by atoms with Crippen LogP contribution < -0.4 is 10.6 Å². The number of nitrogens with one attached hydrogen (secondary N) is 2. The molecule has 1 aromatic heterocycles. The van der Waals surface area contributed by atoms with Crippen LogP contribution in [0.15, 0.2) is 12.3 Å². The maximum absolute atomic E-state index is 11.6. The molecule has 2 aliphatic rings. The van der Waals surface area contributed by atoms with E-state index in [1.54, 1.807) is 13.1 Å². The van der Waals surface area contributed by atoms with Gasteiger partial charge in [0.15, 0.2) is 0 Å². The van der Waals surface area contributed by atoms with Crippen LogP contribution in [0.4, 0.5) is 0 Å². The Kier molecular flexibility index (Phi) is 6.06. The molecular weight excluding hydrogens is 314 g/mol. The first-order valence-corrected chi connectivity index (χ1v) is 8.30. The van der Waals surface area contributed by atoms with Crippen molar-refractivity contribution in [1.82, 2.24) is 25.3 Å². The van der Waals surface area contributed by atoms with Crippen LogP contribution in [-0.2, 0) is 0 Å². The number of amides is 1. The highest BCUT2D eigenvalue weighted by atomic mass is 35.5. The molecule has 6 nitrogen and oxygen atoms in total. The van der Waals surface area contributed by atoms with Gasteiger partial charge in [0.2, 0.25) is 0 Å². The minimum Gasteiger partial charge on any atom is -0.354 e. The fraction of sp³-hybridized carbons (Fsp3) is 0.750. The van der Waals surface area contributed by atoms with Gasteiger partial charge in [-0.15, -0.1) is 12.4 Å². The highest BCUT2D eigenvalue weighted by Crippen LogP contribution is 2.29. The molecule has 1 amide bonds. The molecule has 130 valence electrons. The van der Waals surface area contributed by atoms with Crippen molar-refractivity contribution in [1.29, 1.82) is 0 Å². The molecule has 0 aromatic carbocycles. The molecule has 0 aliphatic carbocycles. The van der Waals surface area contributed by atoms with E-state index in [9.17, 15) is 4.79 Å². The number of halogens is 1. The predicted molar refractivity (Wildman–Crippen MR) is 93.2 cm³/mol. The fourth-order valence-electron chi connectivity index (χ4n) is 3.72. The Morgan fingerprint density at radius 2 is 2.39 bits per heavy atom. The van der Waals surface area contributed by atoms with E-state index in [1.807, 2.05) is 10.9 Å². The summed E-state index contributed by atoms with van der Waals surface area (Å²) in [6.07, 6.45) is 5.54. The maximum Gasteiger partial charge on any atom is 0.271 e. The molecule has 2 N–H and O–H groups in total. The second-order valence-electron chi connectivity index (χ2n) is 7.03. The van der Waals surface area contributed by atoms with E-state index >= 15 is 0 Å². The van der Waals surface area contributed by atoms with Crippen molar-refractivity contribution in [2.45, 2.75) is 32.2 Å². The minimum absolute atomic E-state index is 0. The lowest BCUT2D eigenvalue weighted by Gasteiger charge is -2.37. The average molecular weight is 342 g/mol. The highest BCUT2D eigenvalue weighted by Gasteiger charge is 2.32. The second-order valence-corrected chi connectivity index (χ2v) is 7.03. The van der Waals surface area contributed by atoms with Gasteiger partial charge in [-0.1, -0.05) is 6.92 Å². The van der Waals surface area contributed by atoms with Crippen LogP contribution >= 0.6 is 12.4 Å². The zero-order chi connectivity index (χ0) is 15.6. The van der Waals surface area contributed by atoms with Crippen LogP contribution in [-0.4, -0.2) is 60.4 Å². The largest absolute Gasteiger partial charge is 0.354 e. The Bertz CT molecular complexity index is 526. The van der Waals surface area contributed by atoms with Gasteiger partial charge in [0.1, 0.15) is 5.69 Å². The molecule has 2 fully saturated rings. The number of nitrogens with zero attached hydrogens (tertiary/aromatic N) is 3. The molecule has 2 saturated heterocycles. The number of likely N-dealkylation sites (tertiary alicyclic amines) is 1. The first-order chi connectivity index (χ1) is 10.6. The summed E-state index contributed by atoms with van der Waals surface area (Å²) >= 11 is 0. The lowest BCUT2D eigenvalue weighted by atomic mass is 9.88. The first-order valence-electron chi connectivity index (χ1n) is 8.30. The maximum atomic E-state index is 11.6. The zero-order valence-electron chi connectivity index (χ0n) is 14.0. The summed E-state index contributed by atoms with van der Waals surface area (Å²) in [5.74, 6) is -0.115. The third-order valence-corrected chi connectivity index (χ3v) is 4.99. The lowest BCUT2D eigenvalue weighted by molar-refractivity contribution is 0.0954. The Morgan fingerprint density at radius 1 is 1.57 bits per heavy atom. The molecule has 0 bridgehead atoms. The van der Waals surface area contributed by atoms with Gasteiger partial charge in [-0.05, 0) is 43.8 Å². The Balaban J connectivity index is 0.00000192. The van der Waals surface area contributed by atoms with Gasteiger partial charge in [0.05, 0.1) is 6.04 Å². The van der Waals surface area contributed by atoms with Crippen LogP contribution in [0, 0.1) is 5.41 Å². The normalized spacial score (nSPS) is 28.3. The Morgan fingerprint density at radius 3 is 3.09 bits per heavy atom. The van der Waals surface area contributed by atoms with Crippen molar-refractivity contribution in [3.63, 3.8) is 0 Å². The van der Waals surface area contributed by atoms with Crippen molar-refractivity contribution >= 4 is 18.3 Å². The van der Waals surface area contributed by atoms with Gasteiger partial charge in [0, 0.05) is 32.9 Å². The Hall–Kier alpha value is -1.11. The van der Waals surface area contributed by atoms with E-state index in [1.165, 1.54) is 19.4 Å². The average Bonchev–Trinajstić information content (AvgIpc) is 3.16. The second kappa shape index (κ2) is 7.64. The number of hydrogen-bond acceptors (Lipinski definition) is 4. The Labute approximate surface area is 144 Å². The molecule has 3 heterocycles. The zero-order valence-corrected chi connectivity index (χ0v) is 14.9. The molecule has 3 rings (SSSR count). The molecule has 2 atom stereocenters. The SMILES string of the molecule is CNC(=O)c1ccn(C2CCCN(CC3(C)CCNC3)C2)n1.Cl. The third kappa shape index (κ3) is 4.25. The monoisotopic (exact) mass is 341 g/mol. The van der Waals surface area contributed by atoms with Crippen molar-refractivity contribution in [2.24, 2.45) is 5.41 Å². The molecule has 0 radical (unpaired) electrons. The molecule has 23 heavy (non-hydrogen) atoms. The van der Waals surface area contributed by atoms with Crippen molar-refractivity contribution in [3.05, 3.63) is 18.0 Å². The number of rotatable bonds is 4. The highest BCUT2D eigenvalue weighted by molar-refractivity contribution is 5.91. The molecule has 0 spiro atoms. The third-order valence-electron chi connectivity index (χ3n) is 4.99. The van der Waals surface area contributed by atoms with Crippen molar-refractivity contribution in [3.8, 4) is 0 Å². The summed E-state index contributed by atoms with van der Waals surface area (Å²) in [5, 5.41) is 10.6. The smallest absolute Gasteiger partial charge is 0.271 e. The summed E-state index contributed by atoms with van der Waals surface area (Å²) < 4.78 is 1.98. The minimum atomic E-state index is -0.115. The number of aromatic nitrogens is 2. The van der Waals surface area contributed by atoms with E-state index in [2.05, 4.69) is 27.6 Å². The van der Waals surface area contributed by atoms with Gasteiger partial charge < -0.3 is 15.5 Å². The van der Waals surface area contributed by atoms with E-state index in [4.69, 9.17) is 0 Å². The molecule has 7 heteroatoms. The van der Waals surface area contributed by atoms with E-state index in [-0.39, 0.29) is 18.3 Å². The first kappa shape index (κ1) is 18.2. The van der Waals surface area contributed by atoms with Crippen molar-refractivity contribution < 1.29 is 4.79 Å². The van der Waals surface area contributed by atoms with Gasteiger partial charge in [0.25, 0.3) is 5.91 Å². The van der Waals surface area contributed by atoms with Crippen LogP contribution in [0.25, 0.3) is 0 Å². The standard InChI is InChI=1S/C16H27N5O.ClH/c1-16(6-7-18-11-16)12-20-8-3-4-13(10-20)21-9-5-14(19-21)15(22)17-2;/h5,9,13,18H,3-4,6-8,10-12H2,1-2H3,(H,17,22);1H. The summed E-state index contributed by atoms with van der Waals surface area (Å²) in [6, 6.07) is 2.19. The molecule has 1 aromatic rings. The quantitative estimate of drug-likeness (QED) is 0.866. The lowest BCUT2D eigenvalue weighted by Crippen LogP contribution is -2.43. The number of carbonyl (C=O) groups is 1. The van der Waals surface area contributed by atoms with Crippen LogP contribution in [0.1, 0.15) is 42.7 Å². The van der Waals surface area contributed by atoms with Gasteiger partial charge in [-0.2, -0.15) is 5.10 Å². The van der Waals surface area contributed by atoms with Gasteiger partial charge >= 0.3 is 0 Å². The van der Waals surface area contributed by atoms with Crippen molar-refractivity contribution in [2.75, 3.05) is 39.8 Å². The van der Waals surface area contributed by atoms with Crippen LogP contribution in [0.3, 0.4) is 0 Å². The summed E-state index contributed by atoms with van der Waals surface area (Å²) in [4.78, 5) is 14.2. The molecular formula is C16H28ClN5O. The fourth-order valence-corrected chi connectivity index (χ4v) is 3.72. The summed E-state index contributed by atoms with van der Waals surface area (Å²) in [6.45, 7) is 8.01. The molecule has 0 saturated carbocycles. The van der Waals surface area contributed by atoms with Gasteiger partial charge in [-0.25, -0.2) is 0 Å². The number of hydrogen-bond donors (Lipinski definition) is 2. The van der Waals surface area contributed by atoms with Crippen LogP contribution in [0.2, 0.25) is 0 Å². The molecule has 2 unspecified atom stereocenters. The number of carbonyl (C=O) groups excluding carboxylic acids is 1. The van der Waals surface area contributed by atoms with Gasteiger partial charge in [-0.3, -0.25) is 9.48 Å². The summed E-state index contributed by atoms with van der Waals surface area (Å²) in [7, 11) is 1.64. The number of piperidine rings is 1. The summed E-state index contributed by atoms with van der Waals surface area (Å²) in [5.41, 5.74) is 0.908. The molecule has 2 aliphatic heterocycles. The topological polar surface area (TPSA) is 62.2 Å².